The van der Waals surface area contributed by atoms with Gasteiger partial charge in [0.15, 0.2) is 9.84 Å². The predicted octanol–water partition coefficient (Wildman–Crippen LogP) is 5.82. The van der Waals surface area contributed by atoms with Crippen LogP contribution in [0.1, 0.15) is 51.2 Å². The zero-order valence-electron chi connectivity index (χ0n) is 22.1. The van der Waals surface area contributed by atoms with Crippen LogP contribution in [0.15, 0.2) is 71.9 Å². The van der Waals surface area contributed by atoms with E-state index in [0.29, 0.717) is 13.1 Å². The molecule has 0 atom stereocenters. The number of rotatable bonds is 4. The maximum Gasteiger partial charge on any atom is 0.410 e. The second-order valence-corrected chi connectivity index (χ2v) is 13.2. The summed E-state index contributed by atoms with van der Waals surface area (Å²) >= 11 is 0. The number of nitrogens with zero attached hydrogens (tertiary/aromatic N) is 2. The molecule has 1 fully saturated rings. The molecule has 7 nitrogen and oxygen atoms in total. The van der Waals surface area contributed by atoms with Gasteiger partial charge in [-0.3, -0.25) is 4.98 Å². The molecule has 1 aromatic heterocycles. The molecular weight excluding hydrogens is 500 g/mol. The van der Waals surface area contributed by atoms with Crippen LogP contribution in [0.5, 0.6) is 5.75 Å². The van der Waals surface area contributed by atoms with Gasteiger partial charge in [0.05, 0.1) is 10.6 Å². The van der Waals surface area contributed by atoms with Crippen LogP contribution in [0.25, 0.3) is 11.1 Å². The first-order valence-corrected chi connectivity index (χ1v) is 14.7. The van der Waals surface area contributed by atoms with Gasteiger partial charge in [0.2, 0.25) is 0 Å². The van der Waals surface area contributed by atoms with Crippen molar-refractivity contribution in [3.05, 3.63) is 78.1 Å². The Kier molecular flexibility index (Phi) is 6.94. The highest BCUT2D eigenvalue weighted by atomic mass is 32.2. The molecule has 2 aliphatic heterocycles. The van der Waals surface area contributed by atoms with Gasteiger partial charge in [-0.05, 0) is 80.1 Å². The minimum absolute atomic E-state index is 0.0528. The Labute approximate surface area is 224 Å². The highest BCUT2D eigenvalue weighted by molar-refractivity contribution is 7.90. The average molecular weight is 535 g/mol. The van der Waals surface area contributed by atoms with Gasteiger partial charge in [-0.1, -0.05) is 30.3 Å². The van der Waals surface area contributed by atoms with Crippen molar-refractivity contribution in [2.75, 3.05) is 13.1 Å². The summed E-state index contributed by atoms with van der Waals surface area (Å²) in [5, 5.41) is 0. The average Bonchev–Trinajstić information content (AvgIpc) is 2.89. The van der Waals surface area contributed by atoms with Crippen molar-refractivity contribution in [1.29, 1.82) is 0 Å². The lowest BCUT2D eigenvalue weighted by atomic mass is 9.82. The Bertz CT molecular complexity index is 1410. The predicted molar refractivity (Wildman–Crippen MR) is 146 cm³/mol. The number of benzene rings is 2. The van der Waals surface area contributed by atoms with Crippen molar-refractivity contribution in [3.8, 4) is 16.9 Å². The normalized spacial score (nSPS) is 17.0. The van der Waals surface area contributed by atoms with E-state index in [1.54, 1.807) is 4.90 Å². The number of piperidine rings is 1. The first-order valence-electron chi connectivity index (χ1n) is 13.0. The Balaban J connectivity index is 1.23. The molecule has 1 spiro atoms. The first kappa shape index (κ1) is 26.2. The molecule has 0 saturated carbocycles. The number of carbonyl (C=O) groups is 1. The van der Waals surface area contributed by atoms with E-state index in [1.165, 1.54) is 30.1 Å². The number of amides is 1. The molecule has 1 saturated heterocycles. The van der Waals surface area contributed by atoms with Gasteiger partial charge in [-0.15, -0.1) is 0 Å². The number of fused-ring (bicyclic) bond motifs is 1. The second kappa shape index (κ2) is 10.1. The van der Waals surface area contributed by atoms with E-state index in [1.807, 2.05) is 51.1 Å². The van der Waals surface area contributed by atoms with Crippen LogP contribution in [-0.4, -0.2) is 48.7 Å². The molecule has 3 heterocycles. The van der Waals surface area contributed by atoms with Crippen molar-refractivity contribution in [1.82, 2.24) is 9.88 Å². The van der Waals surface area contributed by atoms with Crippen LogP contribution in [0.3, 0.4) is 0 Å². The lowest BCUT2D eigenvalue weighted by molar-refractivity contribution is -0.0272. The number of ether oxygens (including phenoxy) is 2. The molecule has 2 aliphatic rings. The van der Waals surface area contributed by atoms with Crippen molar-refractivity contribution in [2.45, 2.75) is 68.3 Å². The second-order valence-electron chi connectivity index (χ2n) is 11.2. The van der Waals surface area contributed by atoms with E-state index in [0.717, 1.165) is 48.1 Å². The lowest BCUT2D eigenvalue weighted by Crippen LogP contribution is -2.52. The van der Waals surface area contributed by atoms with Crippen molar-refractivity contribution in [3.63, 3.8) is 0 Å². The van der Waals surface area contributed by atoms with E-state index in [-0.39, 0.29) is 22.3 Å². The lowest BCUT2D eigenvalue weighted by Gasteiger charge is -2.44. The molecular formula is C30H34N2O5S. The molecule has 1 amide bonds. The van der Waals surface area contributed by atoms with Crippen LogP contribution >= 0.6 is 0 Å². The van der Waals surface area contributed by atoms with Gasteiger partial charge < -0.3 is 14.4 Å². The van der Waals surface area contributed by atoms with E-state index in [9.17, 15) is 13.2 Å². The number of aryl methyl sites for hydroxylation is 1. The Morgan fingerprint density at radius 2 is 1.63 bits per heavy atom. The molecule has 0 radical (unpaired) electrons. The third-order valence-corrected chi connectivity index (χ3v) is 8.92. The number of likely N-dealkylation sites (tertiary alicyclic amines) is 1. The van der Waals surface area contributed by atoms with Crippen molar-refractivity contribution >= 4 is 15.9 Å². The summed E-state index contributed by atoms with van der Waals surface area (Å²) in [4.78, 5) is 18.4. The fraction of sp³-hybridized carbons (Fsp3) is 0.400. The van der Waals surface area contributed by atoms with Crippen LogP contribution in [0.4, 0.5) is 4.79 Å². The van der Waals surface area contributed by atoms with Crippen molar-refractivity contribution < 1.29 is 22.7 Å². The molecule has 8 heteroatoms. The quantitative estimate of drug-likeness (QED) is 0.419. The van der Waals surface area contributed by atoms with Crippen LogP contribution in [-0.2, 0) is 26.7 Å². The summed E-state index contributed by atoms with van der Waals surface area (Å²) in [6.07, 6.45) is 6.13. The number of sulfone groups is 1. The summed E-state index contributed by atoms with van der Waals surface area (Å²) in [5.41, 5.74) is 3.28. The standard InChI is InChI=1S/C30H34N2O5S/c1-29(2,3)37-28(33)32-18-14-30(15-19-32)13-10-25-20-24(8-9-27(25)36-30)23-6-4-22(5-7-23)21-38(34,35)26-11-16-31-17-12-26/h4-9,11-12,16-17,20H,10,13-15,18-19,21H2,1-3H3. The number of aromatic nitrogens is 1. The largest absolute Gasteiger partial charge is 0.487 e. The number of hydrogen-bond donors (Lipinski definition) is 0. The van der Waals surface area contributed by atoms with E-state index in [4.69, 9.17) is 9.47 Å². The van der Waals surface area contributed by atoms with Gasteiger partial charge in [-0.2, -0.15) is 0 Å². The molecule has 0 unspecified atom stereocenters. The molecule has 0 bridgehead atoms. The molecule has 2 aromatic carbocycles. The highest BCUT2D eigenvalue weighted by Crippen LogP contribution is 2.41. The van der Waals surface area contributed by atoms with Crippen LogP contribution in [0, 0.1) is 0 Å². The van der Waals surface area contributed by atoms with Gasteiger partial charge in [0.1, 0.15) is 17.0 Å². The third-order valence-electron chi connectivity index (χ3n) is 7.22. The molecule has 5 rings (SSSR count). The number of pyridine rings is 1. The van der Waals surface area contributed by atoms with Gasteiger partial charge in [0, 0.05) is 38.3 Å². The Morgan fingerprint density at radius 3 is 2.29 bits per heavy atom. The summed E-state index contributed by atoms with van der Waals surface area (Å²) in [6.45, 7) is 6.91. The SMILES string of the molecule is CC(C)(C)OC(=O)N1CCC2(CCc3cc(-c4ccc(CS(=O)(=O)c5ccncc5)cc4)ccc3O2)CC1. The first-order chi connectivity index (χ1) is 18.0. The number of carbonyl (C=O) groups excluding carboxylic acids is 1. The zero-order chi connectivity index (χ0) is 27.0. The van der Waals surface area contributed by atoms with E-state index >= 15 is 0 Å². The highest BCUT2D eigenvalue weighted by Gasteiger charge is 2.41. The fourth-order valence-corrected chi connectivity index (χ4v) is 6.45. The molecule has 200 valence electrons. The minimum Gasteiger partial charge on any atom is -0.487 e. The van der Waals surface area contributed by atoms with Gasteiger partial charge >= 0.3 is 6.09 Å². The maximum atomic E-state index is 12.7. The molecule has 38 heavy (non-hydrogen) atoms. The van der Waals surface area contributed by atoms with E-state index < -0.39 is 15.4 Å². The summed E-state index contributed by atoms with van der Waals surface area (Å²) in [5.74, 6) is 0.855. The number of hydrogen-bond acceptors (Lipinski definition) is 6. The van der Waals surface area contributed by atoms with Gasteiger partial charge in [0.25, 0.3) is 0 Å². The van der Waals surface area contributed by atoms with Gasteiger partial charge in [-0.25, -0.2) is 13.2 Å². The fourth-order valence-electron chi connectivity index (χ4n) is 5.12. The monoisotopic (exact) mass is 534 g/mol. The maximum absolute atomic E-state index is 12.7. The summed E-state index contributed by atoms with van der Waals surface area (Å²) in [6, 6.07) is 17.0. The third kappa shape index (κ3) is 5.85. The summed E-state index contributed by atoms with van der Waals surface area (Å²) in [7, 11) is -3.42. The topological polar surface area (TPSA) is 85.8 Å². The Hall–Kier alpha value is -3.39. The van der Waals surface area contributed by atoms with Crippen molar-refractivity contribution in [2.24, 2.45) is 0 Å². The summed E-state index contributed by atoms with van der Waals surface area (Å²) < 4.78 is 37.4. The molecule has 0 N–H and O–H groups in total. The van der Waals surface area contributed by atoms with Crippen LogP contribution < -0.4 is 4.74 Å². The Morgan fingerprint density at radius 1 is 0.974 bits per heavy atom. The zero-order valence-corrected chi connectivity index (χ0v) is 23.0. The molecule has 0 aliphatic carbocycles. The molecule has 3 aromatic rings. The van der Waals surface area contributed by atoms with E-state index in [2.05, 4.69) is 17.1 Å². The minimum atomic E-state index is -3.42. The van der Waals surface area contributed by atoms with Crippen LogP contribution in [0.2, 0.25) is 0 Å². The smallest absolute Gasteiger partial charge is 0.410 e.